The van der Waals surface area contributed by atoms with E-state index in [9.17, 15) is 66.4 Å². The Labute approximate surface area is 432 Å². The van der Waals surface area contributed by atoms with Crippen LogP contribution in [0.4, 0.5) is 0 Å². The molecule has 5 saturated heterocycles. The number of ether oxygens (including phenoxy) is 9. The summed E-state index contributed by atoms with van der Waals surface area (Å²) in [5.41, 5.74) is -2.12. The first-order valence-corrected chi connectivity index (χ1v) is 27.2. The summed E-state index contributed by atoms with van der Waals surface area (Å²) in [5.74, 6) is 0.413. The highest BCUT2D eigenvalue weighted by atomic mass is 16.8. The quantitative estimate of drug-likeness (QED) is 0.0986. The predicted octanol–water partition coefficient (Wildman–Crippen LogP) is -2.10. The first-order chi connectivity index (χ1) is 34.8. The number of fused-ring (bicyclic) bond motifs is 4. The van der Waals surface area contributed by atoms with E-state index in [-0.39, 0.29) is 57.0 Å². The second-order valence-electron chi connectivity index (χ2n) is 26.0. The van der Waals surface area contributed by atoms with Gasteiger partial charge in [-0.2, -0.15) is 0 Å². The fraction of sp³-hybridized carbons (Fsp3) is 1.00. The molecular formula is C52H86O22. The highest BCUT2D eigenvalue weighted by molar-refractivity contribution is 5.28. The van der Waals surface area contributed by atoms with Gasteiger partial charge < -0.3 is 109 Å². The third kappa shape index (κ3) is 8.39. The van der Waals surface area contributed by atoms with Gasteiger partial charge in [0.2, 0.25) is 0 Å². The molecule has 5 aliphatic heterocycles. The van der Waals surface area contributed by atoms with Crippen molar-refractivity contribution < 1.29 is 109 Å². The second-order valence-corrected chi connectivity index (χ2v) is 26.0. The lowest BCUT2D eigenvalue weighted by Crippen LogP contribution is -2.74. The molecule has 2 bridgehead atoms. The van der Waals surface area contributed by atoms with Crippen LogP contribution < -0.4 is 0 Å². The van der Waals surface area contributed by atoms with Gasteiger partial charge in [-0.15, -0.1) is 0 Å². The van der Waals surface area contributed by atoms with E-state index in [0.717, 1.165) is 44.9 Å². The lowest BCUT2D eigenvalue weighted by Gasteiger charge is -2.75. The molecule has 0 radical (unpaired) electrons. The maximum atomic E-state index is 12.4. The molecule has 13 N–H and O–H groups in total. The zero-order valence-electron chi connectivity index (χ0n) is 43.6. The Hall–Kier alpha value is -0.880. The normalized spacial score (nSPS) is 58.2. The van der Waals surface area contributed by atoms with Gasteiger partial charge >= 0.3 is 0 Å². The van der Waals surface area contributed by atoms with Crippen LogP contribution in [0.15, 0.2) is 0 Å². The highest BCUT2D eigenvalue weighted by Crippen LogP contribution is 2.80. The van der Waals surface area contributed by atoms with Gasteiger partial charge in [0.05, 0.1) is 57.5 Å². The van der Waals surface area contributed by atoms with Gasteiger partial charge in [0.15, 0.2) is 25.2 Å². The first-order valence-electron chi connectivity index (χ1n) is 27.2. The van der Waals surface area contributed by atoms with E-state index in [1.165, 1.54) is 0 Å². The molecule has 5 aliphatic carbocycles. The Morgan fingerprint density at radius 1 is 0.514 bits per heavy atom. The predicted molar refractivity (Wildman–Crippen MR) is 252 cm³/mol. The Kier molecular flexibility index (Phi) is 15.2. The van der Waals surface area contributed by atoms with Crippen LogP contribution in [0.1, 0.15) is 106 Å². The molecule has 5 saturated carbocycles. The largest absolute Gasteiger partial charge is 0.396 e. The topological polar surface area (TPSA) is 346 Å². The van der Waals surface area contributed by atoms with Crippen LogP contribution in [-0.2, 0) is 42.6 Å². The Morgan fingerprint density at radius 2 is 1.14 bits per heavy atom. The maximum absolute atomic E-state index is 12.4. The average Bonchev–Trinajstić information content (AvgIpc) is 3.64. The van der Waals surface area contributed by atoms with Crippen molar-refractivity contribution in [3.63, 3.8) is 0 Å². The highest BCUT2D eigenvalue weighted by Gasteiger charge is 2.80. The van der Waals surface area contributed by atoms with Crippen molar-refractivity contribution >= 4 is 0 Å². The van der Waals surface area contributed by atoms with E-state index in [1.54, 1.807) is 0 Å². The van der Waals surface area contributed by atoms with Gasteiger partial charge in [-0.25, -0.2) is 0 Å². The molecule has 10 fully saturated rings. The van der Waals surface area contributed by atoms with Crippen LogP contribution in [-0.4, -0.2) is 234 Å². The molecule has 22 heteroatoms. The molecule has 22 nitrogen and oxygen atoms in total. The van der Waals surface area contributed by atoms with E-state index >= 15 is 0 Å². The van der Waals surface area contributed by atoms with Gasteiger partial charge in [-0.05, 0) is 98.2 Å². The second kappa shape index (κ2) is 20.0. The summed E-state index contributed by atoms with van der Waals surface area (Å²) in [6.07, 6.45) is -23.2. The summed E-state index contributed by atoms with van der Waals surface area (Å²) in [7, 11) is 0. The lowest BCUT2D eigenvalue weighted by atomic mass is 9.30. The van der Waals surface area contributed by atoms with Crippen molar-refractivity contribution in [2.45, 2.75) is 234 Å². The van der Waals surface area contributed by atoms with Gasteiger partial charge in [0.25, 0.3) is 0 Å². The number of hydrogen-bond acceptors (Lipinski definition) is 22. The van der Waals surface area contributed by atoms with Gasteiger partial charge in [-0.3, -0.25) is 0 Å². The van der Waals surface area contributed by atoms with E-state index in [4.69, 9.17) is 42.6 Å². The minimum atomic E-state index is -1.91. The zero-order chi connectivity index (χ0) is 53.5. The molecule has 1 spiro atoms. The number of aliphatic hydroxyl groups excluding tert-OH is 13. The summed E-state index contributed by atoms with van der Waals surface area (Å²) in [4.78, 5) is 0. The molecule has 2 unspecified atom stereocenters. The van der Waals surface area contributed by atoms with Crippen LogP contribution in [0.25, 0.3) is 0 Å². The molecule has 10 aliphatic rings. The van der Waals surface area contributed by atoms with Gasteiger partial charge in [0.1, 0.15) is 85.5 Å². The number of rotatable bonds is 11. The smallest absolute Gasteiger partial charge is 0.187 e. The average molecular weight is 1060 g/mol. The Bertz CT molecular complexity index is 1990. The van der Waals surface area contributed by atoms with Gasteiger partial charge in [-0.1, -0.05) is 41.5 Å². The summed E-state index contributed by atoms with van der Waals surface area (Å²) < 4.78 is 55.8. The fourth-order valence-corrected chi connectivity index (χ4v) is 17.4. The van der Waals surface area contributed by atoms with Crippen LogP contribution in [0.3, 0.4) is 0 Å². The van der Waals surface area contributed by atoms with Crippen LogP contribution in [0, 0.1) is 50.2 Å². The van der Waals surface area contributed by atoms with Crippen LogP contribution in [0.5, 0.6) is 0 Å². The van der Waals surface area contributed by atoms with E-state index in [0.29, 0.717) is 25.9 Å². The molecule has 0 aromatic heterocycles. The SMILES string of the molecule is CC1(C)CC[C@]23CO[C@@]4(CCC5[C@@]6(C)CC[C@H](O[C@@H]7OC[C@H](O[C@@H]8O[C@H](CO)[C@@H](O)[C@H](O)[C@H]8O[C@@H]8OC[C@@H](O)[C@H](O)[C@H]8O)[C@H](O)[C@H]7O[C@@H]7O[C@H](CO)[C@@H](O)[C@H](O)[C@H]7O)[C@@](C)(CO)C6CC[C@@]5(C)[C@]4(C)C[C@H]2O)[C@@H]3C1. The van der Waals surface area contributed by atoms with Crippen molar-refractivity contribution in [3.8, 4) is 0 Å². The third-order valence-corrected chi connectivity index (χ3v) is 22.0. The van der Waals surface area contributed by atoms with Crippen molar-refractivity contribution in [1.29, 1.82) is 0 Å². The fourth-order valence-electron chi connectivity index (χ4n) is 17.4. The summed E-state index contributed by atoms with van der Waals surface area (Å²) in [6, 6.07) is 0. The number of aliphatic hydroxyl groups is 13. The van der Waals surface area contributed by atoms with E-state index < -0.39 is 155 Å². The summed E-state index contributed by atoms with van der Waals surface area (Å²) >= 11 is 0. The minimum Gasteiger partial charge on any atom is -0.396 e. The monoisotopic (exact) mass is 1060 g/mol. The lowest BCUT2D eigenvalue weighted by molar-refractivity contribution is -0.393. The van der Waals surface area contributed by atoms with Crippen molar-refractivity contribution in [1.82, 2.24) is 0 Å². The Morgan fingerprint density at radius 3 is 1.82 bits per heavy atom. The molecule has 5 heterocycles. The maximum Gasteiger partial charge on any atom is 0.187 e. The van der Waals surface area contributed by atoms with Crippen LogP contribution >= 0.6 is 0 Å². The standard InChI is InChI=1S/C52H86O22/c1-46(2)13-14-51-22-68-52(29(51)15-46)12-8-28-47(3)10-9-31(48(4,21-55)27(47)7-11-49(28,5)50(52,6)16-30(51)57)72-44-40(74-43-39(65)36(62)33(59)24(17-53)69-43)35(61)26(20-67-44)71-45-41(37(63)34(60)25(18-54)70-45)73-42-38(64)32(58)23(56)19-66-42/h23-45,53-65H,7-22H2,1-6H3/t23-,24-,25-,26+,27?,28?,29-,30-,31+,32+,33-,34-,35+,36+,37+,38-,39-,40-,41-,42+,43+,44+,45+,47+,48+,49-,50+,51-,52+/m1/s1. The third-order valence-electron chi connectivity index (χ3n) is 22.0. The molecule has 0 amide bonds. The van der Waals surface area contributed by atoms with Crippen molar-refractivity contribution in [3.05, 3.63) is 0 Å². The summed E-state index contributed by atoms with van der Waals surface area (Å²) in [6.45, 7) is 11.7. The molecule has 29 atom stereocenters. The van der Waals surface area contributed by atoms with Crippen molar-refractivity contribution in [2.24, 2.45) is 50.2 Å². The van der Waals surface area contributed by atoms with Crippen molar-refractivity contribution in [2.75, 3.05) is 39.6 Å². The van der Waals surface area contributed by atoms with Crippen LogP contribution in [0.2, 0.25) is 0 Å². The molecular weight excluding hydrogens is 977 g/mol. The van der Waals surface area contributed by atoms with Gasteiger partial charge in [0, 0.05) is 16.2 Å². The number of hydrogen-bond donors (Lipinski definition) is 13. The molecule has 10 rings (SSSR count). The van der Waals surface area contributed by atoms with E-state index in [2.05, 4.69) is 34.6 Å². The Balaban J connectivity index is 0.912. The summed E-state index contributed by atoms with van der Waals surface area (Å²) in [5, 5.41) is 142. The molecule has 0 aromatic carbocycles. The minimum absolute atomic E-state index is 0.0627. The first kappa shape index (κ1) is 56.4. The molecule has 0 aromatic rings. The van der Waals surface area contributed by atoms with E-state index in [1.807, 2.05) is 6.92 Å². The zero-order valence-corrected chi connectivity index (χ0v) is 43.6. The molecule has 426 valence electrons. The molecule has 74 heavy (non-hydrogen) atoms.